The molecule has 3 aromatic rings. The molecule has 5 atom stereocenters. The van der Waals surface area contributed by atoms with Crippen LogP contribution in [0.3, 0.4) is 0 Å². The van der Waals surface area contributed by atoms with Crippen molar-refractivity contribution in [2.75, 3.05) is 34.5 Å². The number of ether oxygens (including phenoxy) is 4. The van der Waals surface area contributed by atoms with Crippen molar-refractivity contribution in [2.45, 2.75) is 77.2 Å². The van der Waals surface area contributed by atoms with Gasteiger partial charge in [-0.1, -0.05) is 61.5 Å². The van der Waals surface area contributed by atoms with Gasteiger partial charge in [0.25, 0.3) is 8.53 Å². The molecule has 0 bridgehead atoms. The van der Waals surface area contributed by atoms with E-state index >= 15 is 0 Å². The van der Waals surface area contributed by atoms with E-state index in [1.165, 1.54) is 0 Å². The molecule has 2 aliphatic heterocycles. The second kappa shape index (κ2) is 16.6. The van der Waals surface area contributed by atoms with E-state index in [4.69, 9.17) is 28.0 Å². The monoisotopic (exact) mass is 707 g/mol. The zero-order valence-corrected chi connectivity index (χ0v) is 31.1. The number of benzene rings is 3. The molecule has 2 aliphatic rings. The van der Waals surface area contributed by atoms with Gasteiger partial charge in [0.05, 0.1) is 32.8 Å². The minimum Gasteiger partial charge on any atom is -0.497 e. The van der Waals surface area contributed by atoms with E-state index in [0.29, 0.717) is 6.42 Å². The first-order valence-corrected chi connectivity index (χ1v) is 18.2. The summed E-state index contributed by atoms with van der Waals surface area (Å²) in [6.45, 7) is 10.6. The van der Waals surface area contributed by atoms with E-state index in [9.17, 15) is 9.59 Å². The molecule has 3 aromatic carbocycles. The molecule has 0 aliphatic carbocycles. The van der Waals surface area contributed by atoms with Crippen molar-refractivity contribution < 1.29 is 37.6 Å². The zero-order valence-electron chi connectivity index (χ0n) is 30.2. The Kier molecular flexibility index (Phi) is 12.5. The van der Waals surface area contributed by atoms with E-state index in [1.54, 1.807) is 33.2 Å². The Morgan fingerprint density at radius 1 is 0.860 bits per heavy atom. The smallest absolute Gasteiger partial charge is 0.326 e. The van der Waals surface area contributed by atoms with Crippen LogP contribution in [0.2, 0.25) is 0 Å². The lowest BCUT2D eigenvalue weighted by atomic mass is 9.80. The predicted molar refractivity (Wildman–Crippen MR) is 192 cm³/mol. The number of carbonyl (C=O) groups excluding carboxylic acids is 2. The molecule has 50 heavy (non-hydrogen) atoms. The van der Waals surface area contributed by atoms with E-state index in [0.717, 1.165) is 28.2 Å². The SMILES string of the molecule is COc1ccc(C(OC[C@H]2O[C@@H](N3CC(C)C(=O)NC3=O)C[C@H]2OP(OC)N(C(C)C)C(C)C)(c2ccccc2)c2ccc(OC)cc2)cc1. The fourth-order valence-electron chi connectivity index (χ4n) is 6.73. The largest absolute Gasteiger partial charge is 0.497 e. The molecular weight excluding hydrogens is 657 g/mol. The molecule has 270 valence electrons. The minimum atomic E-state index is -1.49. The van der Waals surface area contributed by atoms with Crippen LogP contribution in [0, 0.1) is 5.92 Å². The molecule has 2 unspecified atom stereocenters. The van der Waals surface area contributed by atoms with Crippen molar-refractivity contribution in [3.63, 3.8) is 0 Å². The molecule has 1 N–H and O–H groups in total. The van der Waals surface area contributed by atoms with Gasteiger partial charge in [-0.15, -0.1) is 0 Å². The van der Waals surface area contributed by atoms with Crippen LogP contribution >= 0.6 is 8.53 Å². The first-order valence-electron chi connectivity index (χ1n) is 17.1. The predicted octanol–water partition coefficient (Wildman–Crippen LogP) is 6.69. The quantitative estimate of drug-likeness (QED) is 0.137. The van der Waals surface area contributed by atoms with Gasteiger partial charge >= 0.3 is 6.03 Å². The van der Waals surface area contributed by atoms with Crippen molar-refractivity contribution in [3.8, 4) is 11.5 Å². The summed E-state index contributed by atoms with van der Waals surface area (Å²) in [5.41, 5.74) is 1.60. The van der Waals surface area contributed by atoms with Crippen LogP contribution in [0.4, 0.5) is 4.79 Å². The van der Waals surface area contributed by atoms with Gasteiger partial charge in [-0.2, -0.15) is 0 Å². The second-order valence-electron chi connectivity index (χ2n) is 13.2. The van der Waals surface area contributed by atoms with Crippen LogP contribution in [0.15, 0.2) is 78.9 Å². The molecule has 2 saturated heterocycles. The Balaban J connectivity index is 1.56. The topological polar surface area (TPSA) is 108 Å². The number of hydrogen-bond acceptors (Lipinski definition) is 9. The van der Waals surface area contributed by atoms with Gasteiger partial charge in [-0.05, 0) is 68.7 Å². The number of rotatable bonds is 15. The van der Waals surface area contributed by atoms with E-state index in [1.807, 2.05) is 78.9 Å². The summed E-state index contributed by atoms with van der Waals surface area (Å²) < 4.78 is 39.9. The Morgan fingerprint density at radius 2 is 1.40 bits per heavy atom. The number of carbonyl (C=O) groups is 2. The maximum absolute atomic E-state index is 13.1. The summed E-state index contributed by atoms with van der Waals surface area (Å²) in [5, 5.41) is 2.47. The normalized spacial score (nSPS) is 21.9. The average Bonchev–Trinajstić information content (AvgIpc) is 3.52. The molecule has 2 heterocycles. The third-order valence-corrected chi connectivity index (χ3v) is 11.3. The molecule has 5 rings (SSSR count). The van der Waals surface area contributed by atoms with Crippen molar-refractivity contribution in [1.29, 1.82) is 0 Å². The third-order valence-electron chi connectivity index (χ3n) is 9.20. The highest BCUT2D eigenvalue weighted by atomic mass is 31.2. The highest BCUT2D eigenvalue weighted by molar-refractivity contribution is 7.44. The minimum absolute atomic E-state index is 0.105. The van der Waals surface area contributed by atoms with Crippen molar-refractivity contribution in [1.82, 2.24) is 14.9 Å². The van der Waals surface area contributed by atoms with E-state index in [2.05, 4.69) is 37.7 Å². The number of urea groups is 1. The summed E-state index contributed by atoms with van der Waals surface area (Å²) in [4.78, 5) is 27.0. The molecule has 12 heteroatoms. The first kappa shape index (κ1) is 37.7. The average molecular weight is 708 g/mol. The fraction of sp³-hybridized carbons (Fsp3) is 0.474. The number of methoxy groups -OCH3 is 2. The Bertz CT molecular complexity index is 1500. The number of nitrogens with zero attached hydrogens (tertiary/aromatic N) is 2. The summed E-state index contributed by atoms with van der Waals surface area (Å²) in [7, 11) is 3.45. The summed E-state index contributed by atoms with van der Waals surface area (Å²) in [6.07, 6.45) is -1.36. The van der Waals surface area contributed by atoms with Crippen molar-refractivity contribution in [3.05, 3.63) is 95.6 Å². The molecule has 0 aromatic heterocycles. The lowest BCUT2D eigenvalue weighted by Gasteiger charge is -2.38. The van der Waals surface area contributed by atoms with Crippen LogP contribution in [0.25, 0.3) is 0 Å². The summed E-state index contributed by atoms with van der Waals surface area (Å²) in [6, 6.07) is 25.6. The first-order chi connectivity index (χ1) is 24.0. The van der Waals surface area contributed by atoms with Gasteiger partial charge in [0.15, 0.2) is 0 Å². The van der Waals surface area contributed by atoms with Gasteiger partial charge in [0, 0.05) is 32.2 Å². The van der Waals surface area contributed by atoms with Gasteiger partial charge in [-0.25, -0.2) is 9.46 Å². The van der Waals surface area contributed by atoms with Gasteiger partial charge in [0.1, 0.15) is 29.4 Å². The lowest BCUT2D eigenvalue weighted by Crippen LogP contribution is -2.57. The van der Waals surface area contributed by atoms with E-state index < -0.39 is 38.6 Å². The maximum Gasteiger partial charge on any atom is 0.326 e. The van der Waals surface area contributed by atoms with Crippen LogP contribution in [-0.2, 0) is 28.9 Å². The molecular formula is C38H50N3O8P. The van der Waals surface area contributed by atoms with Gasteiger partial charge < -0.3 is 28.0 Å². The molecule has 0 radical (unpaired) electrons. The van der Waals surface area contributed by atoms with Crippen LogP contribution in [0.1, 0.15) is 57.7 Å². The standard InChI is InChI=1S/C38H50N3O8P/c1-25(2)41(26(3)4)50(46-8)49-33-22-35(40-23-27(5)36(42)39-37(40)43)48-34(33)24-47-38(28-12-10-9-11-13-28,29-14-18-31(44-6)19-15-29)30-16-20-32(45-7)21-17-30/h9-21,25-27,33-35H,22-24H2,1-8H3,(H,39,42,43)/t27?,33-,34-,35-,50?/m1/s1. The number of amides is 3. The molecule has 3 amide bonds. The number of imide groups is 1. The van der Waals surface area contributed by atoms with Crippen molar-refractivity contribution >= 4 is 20.5 Å². The number of hydrogen-bond donors (Lipinski definition) is 1. The summed E-state index contributed by atoms with van der Waals surface area (Å²) in [5.74, 6) is 0.772. The Hall–Kier alpha value is -3.57. The number of nitrogens with one attached hydrogen (secondary N) is 1. The van der Waals surface area contributed by atoms with Crippen LogP contribution < -0.4 is 14.8 Å². The van der Waals surface area contributed by atoms with Crippen molar-refractivity contribution in [2.24, 2.45) is 5.92 Å². The maximum atomic E-state index is 13.1. The van der Waals surface area contributed by atoms with Gasteiger partial charge in [0.2, 0.25) is 5.91 Å². The molecule has 0 spiro atoms. The van der Waals surface area contributed by atoms with Gasteiger partial charge in [-0.3, -0.25) is 15.0 Å². The van der Waals surface area contributed by atoms with Crippen LogP contribution in [-0.4, -0.2) is 86.5 Å². The second-order valence-corrected chi connectivity index (χ2v) is 14.7. The fourth-order valence-corrected chi connectivity index (χ4v) is 8.32. The Morgan fingerprint density at radius 3 is 1.90 bits per heavy atom. The lowest BCUT2D eigenvalue weighted by molar-refractivity contribution is -0.130. The summed E-state index contributed by atoms with van der Waals surface area (Å²) >= 11 is 0. The Labute approximate surface area is 297 Å². The van der Waals surface area contributed by atoms with E-state index in [-0.39, 0.29) is 37.1 Å². The molecule has 11 nitrogen and oxygen atoms in total. The highest BCUT2D eigenvalue weighted by Gasteiger charge is 2.47. The van der Waals surface area contributed by atoms with Crippen LogP contribution in [0.5, 0.6) is 11.5 Å². The molecule has 2 fully saturated rings. The zero-order chi connectivity index (χ0) is 36.0. The highest BCUT2D eigenvalue weighted by Crippen LogP contribution is 2.49. The third kappa shape index (κ3) is 7.99. The molecule has 0 saturated carbocycles.